The Morgan fingerprint density at radius 3 is 2.33 bits per heavy atom. The van der Waals surface area contributed by atoms with E-state index in [2.05, 4.69) is 18.7 Å². The van der Waals surface area contributed by atoms with Gasteiger partial charge >= 0.3 is 0 Å². The SMILES string of the molecule is C=CSC1=C(C(=O)/C=C/c2ccc(Cl)cc2)CCC(c2ccc(Cl)cc2)S1. The highest BCUT2D eigenvalue weighted by Crippen LogP contribution is 2.49. The first-order valence-corrected chi connectivity index (χ1v) is 11.0. The Morgan fingerprint density at radius 2 is 1.70 bits per heavy atom. The first-order chi connectivity index (χ1) is 13.1. The van der Waals surface area contributed by atoms with Crippen molar-refractivity contribution in [3.8, 4) is 0 Å². The van der Waals surface area contributed by atoms with Crippen LogP contribution in [0.2, 0.25) is 10.0 Å². The molecule has 1 atom stereocenters. The molecule has 5 heteroatoms. The number of thioether (sulfide) groups is 2. The fourth-order valence-corrected chi connectivity index (χ4v) is 5.45. The minimum absolute atomic E-state index is 0.0522. The third-order valence-corrected chi connectivity index (χ3v) is 7.14. The van der Waals surface area contributed by atoms with E-state index in [1.54, 1.807) is 23.2 Å². The maximum Gasteiger partial charge on any atom is 0.183 e. The number of hydrogen-bond acceptors (Lipinski definition) is 3. The maximum absolute atomic E-state index is 12.8. The predicted molar refractivity (Wildman–Crippen MR) is 121 cm³/mol. The Balaban J connectivity index is 1.78. The van der Waals surface area contributed by atoms with Crippen LogP contribution in [0, 0.1) is 0 Å². The molecule has 27 heavy (non-hydrogen) atoms. The van der Waals surface area contributed by atoms with E-state index < -0.39 is 0 Å². The molecule has 1 aliphatic rings. The molecule has 0 amide bonds. The molecule has 138 valence electrons. The summed E-state index contributed by atoms with van der Waals surface area (Å²) in [7, 11) is 0. The summed E-state index contributed by atoms with van der Waals surface area (Å²) < 4.78 is 1.03. The van der Waals surface area contributed by atoms with E-state index in [0.29, 0.717) is 10.3 Å². The van der Waals surface area contributed by atoms with Gasteiger partial charge in [-0.15, -0.1) is 11.8 Å². The molecule has 3 rings (SSSR count). The lowest BCUT2D eigenvalue weighted by Gasteiger charge is -2.25. The molecule has 0 aliphatic carbocycles. The number of carbonyl (C=O) groups excluding carboxylic acids is 1. The van der Waals surface area contributed by atoms with Crippen LogP contribution < -0.4 is 0 Å². The Hall–Kier alpha value is -1.39. The van der Waals surface area contributed by atoms with Crippen molar-refractivity contribution in [3.63, 3.8) is 0 Å². The first kappa shape index (κ1) is 20.3. The van der Waals surface area contributed by atoms with Gasteiger partial charge in [-0.3, -0.25) is 4.79 Å². The van der Waals surface area contributed by atoms with Gasteiger partial charge in [0.15, 0.2) is 5.78 Å². The molecule has 0 bridgehead atoms. The van der Waals surface area contributed by atoms with Crippen LogP contribution >= 0.6 is 46.7 Å². The zero-order valence-corrected chi connectivity index (χ0v) is 17.7. The second kappa shape index (κ2) is 9.70. The highest BCUT2D eigenvalue weighted by molar-refractivity contribution is 8.23. The fraction of sp³-hybridized carbons (Fsp3) is 0.136. The van der Waals surface area contributed by atoms with Gasteiger partial charge in [-0.2, -0.15) is 0 Å². The summed E-state index contributed by atoms with van der Waals surface area (Å²) in [5.74, 6) is 0.0522. The van der Waals surface area contributed by atoms with E-state index in [9.17, 15) is 4.79 Å². The van der Waals surface area contributed by atoms with E-state index in [1.807, 2.05) is 42.5 Å². The number of halogens is 2. The van der Waals surface area contributed by atoms with Crippen molar-refractivity contribution in [2.24, 2.45) is 0 Å². The zero-order chi connectivity index (χ0) is 19.2. The first-order valence-electron chi connectivity index (χ1n) is 8.47. The minimum Gasteiger partial charge on any atom is -0.290 e. The van der Waals surface area contributed by atoms with E-state index in [-0.39, 0.29) is 5.78 Å². The van der Waals surface area contributed by atoms with Crippen LogP contribution in [0.5, 0.6) is 0 Å². The standard InChI is InChI=1S/C22H18Cl2OS2/c1-2-26-22-19(20(25)13-5-15-3-8-17(23)9-4-15)12-14-21(27-22)16-6-10-18(24)11-7-16/h2-11,13,21H,1,12,14H2/b13-5+. The Bertz CT molecular complexity index is 884. The maximum atomic E-state index is 12.8. The summed E-state index contributed by atoms with van der Waals surface area (Å²) in [5, 5.41) is 3.52. The molecule has 0 fully saturated rings. The summed E-state index contributed by atoms with van der Waals surface area (Å²) in [6.07, 6.45) is 5.15. The molecule has 1 heterocycles. The van der Waals surface area contributed by atoms with E-state index >= 15 is 0 Å². The second-order valence-corrected chi connectivity index (χ2v) is 9.32. The van der Waals surface area contributed by atoms with Crippen LogP contribution in [0.3, 0.4) is 0 Å². The van der Waals surface area contributed by atoms with Gasteiger partial charge in [-0.05, 0) is 59.7 Å². The molecular weight excluding hydrogens is 415 g/mol. The highest BCUT2D eigenvalue weighted by atomic mass is 35.5. The normalized spacial score (nSPS) is 17.3. The molecule has 1 nitrogen and oxygen atoms in total. The van der Waals surface area contributed by atoms with Crippen molar-refractivity contribution in [1.82, 2.24) is 0 Å². The molecule has 0 aromatic heterocycles. The molecular formula is C22H18Cl2OS2. The van der Waals surface area contributed by atoms with Crippen molar-refractivity contribution >= 4 is 58.6 Å². The quantitative estimate of drug-likeness (QED) is 0.431. The van der Waals surface area contributed by atoms with Crippen molar-refractivity contribution in [2.45, 2.75) is 18.1 Å². The summed E-state index contributed by atoms with van der Waals surface area (Å²) in [6, 6.07) is 15.4. The van der Waals surface area contributed by atoms with Gasteiger partial charge in [0.1, 0.15) is 0 Å². The highest BCUT2D eigenvalue weighted by Gasteiger charge is 2.25. The van der Waals surface area contributed by atoms with Gasteiger partial charge in [0.2, 0.25) is 0 Å². The molecule has 2 aromatic carbocycles. The van der Waals surface area contributed by atoms with Crippen LogP contribution in [0.25, 0.3) is 6.08 Å². The molecule has 0 N–H and O–H groups in total. The average Bonchev–Trinajstić information content (AvgIpc) is 2.68. The second-order valence-electron chi connectivity index (χ2n) is 6.00. The summed E-state index contributed by atoms with van der Waals surface area (Å²) in [5.41, 5.74) is 3.05. The van der Waals surface area contributed by atoms with Crippen LogP contribution in [0.4, 0.5) is 0 Å². The number of hydrogen-bond donors (Lipinski definition) is 0. The van der Waals surface area contributed by atoms with Crippen LogP contribution in [0.1, 0.15) is 29.2 Å². The Labute approximate surface area is 178 Å². The molecule has 0 spiro atoms. The summed E-state index contributed by atoms with van der Waals surface area (Å²) in [6.45, 7) is 3.82. The van der Waals surface area contributed by atoms with Crippen LogP contribution in [0.15, 0.2) is 76.4 Å². The number of carbonyl (C=O) groups is 1. The molecule has 0 radical (unpaired) electrons. The van der Waals surface area contributed by atoms with Crippen LogP contribution in [-0.4, -0.2) is 5.78 Å². The lowest BCUT2D eigenvalue weighted by Crippen LogP contribution is -2.08. The lowest BCUT2D eigenvalue weighted by atomic mass is 10.0. The summed E-state index contributed by atoms with van der Waals surface area (Å²) >= 11 is 15.1. The third kappa shape index (κ3) is 5.55. The van der Waals surface area contributed by atoms with Crippen molar-refractivity contribution in [1.29, 1.82) is 0 Å². The predicted octanol–water partition coefficient (Wildman–Crippen LogP) is 7.93. The number of ketones is 1. The lowest BCUT2D eigenvalue weighted by molar-refractivity contribution is -0.111. The third-order valence-electron chi connectivity index (χ3n) is 4.18. The smallest absolute Gasteiger partial charge is 0.183 e. The topological polar surface area (TPSA) is 17.1 Å². The van der Waals surface area contributed by atoms with Crippen LogP contribution in [-0.2, 0) is 4.79 Å². The van der Waals surface area contributed by atoms with Gasteiger partial charge in [0.05, 0.1) is 4.24 Å². The Kier molecular flexibility index (Phi) is 7.31. The Morgan fingerprint density at radius 1 is 1.07 bits per heavy atom. The number of allylic oxidation sites excluding steroid dienone is 2. The van der Waals surface area contributed by atoms with Gasteiger partial charge in [0, 0.05) is 20.9 Å². The monoisotopic (exact) mass is 432 g/mol. The largest absolute Gasteiger partial charge is 0.290 e. The van der Waals surface area contributed by atoms with Crippen molar-refractivity contribution < 1.29 is 4.79 Å². The van der Waals surface area contributed by atoms with Gasteiger partial charge in [0.25, 0.3) is 0 Å². The molecule has 2 aromatic rings. The zero-order valence-electron chi connectivity index (χ0n) is 14.5. The number of benzene rings is 2. The fourth-order valence-electron chi connectivity index (χ4n) is 2.79. The summed E-state index contributed by atoms with van der Waals surface area (Å²) in [4.78, 5) is 12.8. The molecule has 0 saturated heterocycles. The van der Waals surface area contributed by atoms with Gasteiger partial charge in [-0.1, -0.05) is 71.9 Å². The van der Waals surface area contributed by atoms with Gasteiger partial charge in [-0.25, -0.2) is 0 Å². The van der Waals surface area contributed by atoms with E-state index in [4.69, 9.17) is 23.2 Å². The van der Waals surface area contributed by atoms with E-state index in [0.717, 1.165) is 33.2 Å². The molecule has 0 saturated carbocycles. The van der Waals surface area contributed by atoms with E-state index in [1.165, 1.54) is 17.3 Å². The number of rotatable bonds is 6. The average molecular weight is 433 g/mol. The van der Waals surface area contributed by atoms with Crippen molar-refractivity contribution in [2.75, 3.05) is 0 Å². The van der Waals surface area contributed by atoms with Gasteiger partial charge < -0.3 is 0 Å². The molecule has 1 aliphatic heterocycles. The molecule has 1 unspecified atom stereocenters. The minimum atomic E-state index is 0.0522. The van der Waals surface area contributed by atoms with Crippen molar-refractivity contribution in [3.05, 3.63) is 97.6 Å².